The van der Waals surface area contributed by atoms with Gasteiger partial charge in [0.2, 0.25) is 0 Å². The normalized spacial score (nSPS) is 9.30. The maximum absolute atomic E-state index is 4.95. The van der Waals surface area contributed by atoms with Crippen molar-refractivity contribution in [2.75, 3.05) is 5.43 Å². The minimum absolute atomic E-state index is 0.959. The summed E-state index contributed by atoms with van der Waals surface area (Å²) in [5, 5.41) is 0. The quantitative estimate of drug-likeness (QED) is 0.350. The van der Waals surface area contributed by atoms with Gasteiger partial charge in [0, 0.05) is 0 Å². The van der Waals surface area contributed by atoms with Gasteiger partial charge in [-0.1, -0.05) is 18.2 Å². The molecule has 0 spiro atoms. The minimum Gasteiger partial charge on any atom is -0.307 e. The standard InChI is InChI=1S/C6H10N4/c7-9-10-8-6-4-2-1-3-5-6/h1-5,8-10H,7H2. The van der Waals surface area contributed by atoms with Crippen LogP contribution in [0, 0.1) is 0 Å². The number of hydrogen-bond donors (Lipinski definition) is 4. The number of para-hydroxylation sites is 1. The van der Waals surface area contributed by atoms with E-state index in [1.807, 2.05) is 30.3 Å². The van der Waals surface area contributed by atoms with Crippen LogP contribution in [0.1, 0.15) is 0 Å². The summed E-state index contributed by atoms with van der Waals surface area (Å²) < 4.78 is 0. The van der Waals surface area contributed by atoms with Crippen molar-refractivity contribution in [2.45, 2.75) is 0 Å². The first kappa shape index (κ1) is 7.01. The largest absolute Gasteiger partial charge is 0.307 e. The van der Waals surface area contributed by atoms with E-state index in [1.165, 1.54) is 0 Å². The van der Waals surface area contributed by atoms with Gasteiger partial charge in [-0.05, 0) is 12.1 Å². The van der Waals surface area contributed by atoms with Crippen LogP contribution in [0.15, 0.2) is 30.3 Å². The van der Waals surface area contributed by atoms with Gasteiger partial charge in [-0.15, -0.1) is 0 Å². The highest BCUT2D eigenvalue weighted by Gasteiger charge is 1.82. The molecule has 4 heteroatoms. The molecule has 0 atom stereocenters. The van der Waals surface area contributed by atoms with Gasteiger partial charge in [0.15, 0.2) is 0 Å². The Hall–Kier alpha value is -1.10. The first-order valence-electron chi connectivity index (χ1n) is 2.95. The number of nitrogens with one attached hydrogen (secondary N) is 3. The zero-order chi connectivity index (χ0) is 7.23. The number of anilines is 1. The van der Waals surface area contributed by atoms with E-state index in [9.17, 15) is 0 Å². The lowest BCUT2D eigenvalue weighted by Gasteiger charge is -2.04. The zero-order valence-corrected chi connectivity index (χ0v) is 5.46. The van der Waals surface area contributed by atoms with E-state index in [0.29, 0.717) is 0 Å². The molecule has 0 fully saturated rings. The smallest absolute Gasteiger partial charge is 0.0501 e. The highest BCUT2D eigenvalue weighted by Crippen LogP contribution is 2.01. The number of hydrazine groups is 3. The van der Waals surface area contributed by atoms with Crippen molar-refractivity contribution in [1.29, 1.82) is 0 Å². The highest BCUT2D eigenvalue weighted by atomic mass is 15.7. The second kappa shape index (κ2) is 3.84. The van der Waals surface area contributed by atoms with Crippen LogP contribution in [0.25, 0.3) is 0 Å². The van der Waals surface area contributed by atoms with Crippen LogP contribution in [0.2, 0.25) is 0 Å². The molecule has 0 aliphatic carbocycles. The summed E-state index contributed by atoms with van der Waals surface area (Å²) in [5.41, 5.74) is 8.56. The van der Waals surface area contributed by atoms with Gasteiger partial charge in [-0.25, -0.2) is 0 Å². The van der Waals surface area contributed by atoms with Crippen molar-refractivity contribution in [1.82, 2.24) is 11.1 Å². The van der Waals surface area contributed by atoms with Crippen LogP contribution in [-0.2, 0) is 0 Å². The summed E-state index contributed by atoms with van der Waals surface area (Å²) in [7, 11) is 0. The minimum atomic E-state index is 0.959. The van der Waals surface area contributed by atoms with E-state index >= 15 is 0 Å². The Bertz CT molecular complexity index is 174. The summed E-state index contributed by atoms with van der Waals surface area (Å²) in [6.45, 7) is 0. The molecule has 0 aliphatic rings. The van der Waals surface area contributed by atoms with Crippen LogP contribution in [0.5, 0.6) is 0 Å². The summed E-state index contributed by atoms with van der Waals surface area (Å²) in [6, 6.07) is 9.65. The van der Waals surface area contributed by atoms with Crippen molar-refractivity contribution in [3.63, 3.8) is 0 Å². The fourth-order valence-electron chi connectivity index (χ4n) is 0.630. The van der Waals surface area contributed by atoms with Crippen molar-refractivity contribution >= 4 is 5.69 Å². The fourth-order valence-corrected chi connectivity index (χ4v) is 0.630. The zero-order valence-electron chi connectivity index (χ0n) is 5.46. The molecule has 0 amide bonds. The van der Waals surface area contributed by atoms with E-state index in [1.54, 1.807) is 0 Å². The molecule has 0 unspecified atom stereocenters. The molecule has 1 rings (SSSR count). The Labute approximate surface area is 59.3 Å². The molecule has 0 saturated heterocycles. The Morgan fingerprint density at radius 2 is 1.80 bits per heavy atom. The summed E-state index contributed by atoms with van der Waals surface area (Å²) in [6.07, 6.45) is 0. The van der Waals surface area contributed by atoms with E-state index in [0.717, 1.165) is 5.69 Å². The van der Waals surface area contributed by atoms with Crippen LogP contribution in [0.4, 0.5) is 5.69 Å². The third-order valence-corrected chi connectivity index (χ3v) is 1.05. The number of hydrogen-bond acceptors (Lipinski definition) is 4. The summed E-state index contributed by atoms with van der Waals surface area (Å²) in [4.78, 5) is 0. The molecule has 0 bridgehead atoms. The van der Waals surface area contributed by atoms with Crippen molar-refractivity contribution < 1.29 is 0 Å². The molecule has 1 aromatic rings. The SMILES string of the molecule is NNNNc1ccccc1. The molecule has 4 nitrogen and oxygen atoms in total. The maximum atomic E-state index is 4.95. The number of rotatable bonds is 3. The second-order valence-electron chi connectivity index (χ2n) is 1.76. The highest BCUT2D eigenvalue weighted by molar-refractivity contribution is 5.40. The molecular formula is C6H10N4. The van der Waals surface area contributed by atoms with Gasteiger partial charge < -0.3 is 5.43 Å². The molecule has 54 valence electrons. The summed E-state index contributed by atoms with van der Waals surface area (Å²) in [5.74, 6) is 4.95. The third-order valence-electron chi connectivity index (χ3n) is 1.05. The first-order chi connectivity index (χ1) is 4.93. The van der Waals surface area contributed by atoms with Crippen molar-refractivity contribution in [3.05, 3.63) is 30.3 Å². The second-order valence-corrected chi connectivity index (χ2v) is 1.76. The predicted molar refractivity (Wildman–Crippen MR) is 40.5 cm³/mol. The maximum Gasteiger partial charge on any atom is 0.0501 e. The third kappa shape index (κ3) is 2.02. The lowest BCUT2D eigenvalue weighted by Crippen LogP contribution is -2.41. The van der Waals surface area contributed by atoms with E-state index < -0.39 is 0 Å². The molecule has 0 saturated carbocycles. The lowest BCUT2D eigenvalue weighted by molar-refractivity contribution is 0.621. The molecule has 0 heterocycles. The molecule has 0 radical (unpaired) electrons. The number of nitrogens with two attached hydrogens (primary N) is 1. The molecule has 0 aromatic heterocycles. The molecule has 1 aromatic carbocycles. The van der Waals surface area contributed by atoms with Gasteiger partial charge >= 0.3 is 0 Å². The number of benzene rings is 1. The van der Waals surface area contributed by atoms with Gasteiger partial charge in [-0.2, -0.15) is 11.1 Å². The van der Waals surface area contributed by atoms with E-state index in [4.69, 9.17) is 5.84 Å². The van der Waals surface area contributed by atoms with Crippen molar-refractivity contribution in [3.8, 4) is 0 Å². The van der Waals surface area contributed by atoms with Gasteiger partial charge in [0.05, 0.1) is 5.69 Å². The van der Waals surface area contributed by atoms with Crippen molar-refractivity contribution in [2.24, 2.45) is 5.84 Å². The summed E-state index contributed by atoms with van der Waals surface area (Å²) >= 11 is 0. The van der Waals surface area contributed by atoms with E-state index in [2.05, 4.69) is 16.5 Å². The molecular weight excluding hydrogens is 128 g/mol. The van der Waals surface area contributed by atoms with Crippen LogP contribution >= 0.6 is 0 Å². The monoisotopic (exact) mass is 138 g/mol. The van der Waals surface area contributed by atoms with Gasteiger partial charge in [0.1, 0.15) is 0 Å². The van der Waals surface area contributed by atoms with Crippen LogP contribution in [0.3, 0.4) is 0 Å². The molecule has 10 heavy (non-hydrogen) atoms. The fraction of sp³-hybridized carbons (Fsp3) is 0. The Kier molecular flexibility index (Phi) is 2.69. The van der Waals surface area contributed by atoms with E-state index in [-0.39, 0.29) is 0 Å². The molecule has 0 aliphatic heterocycles. The van der Waals surface area contributed by atoms with Crippen LogP contribution < -0.4 is 22.3 Å². The Morgan fingerprint density at radius 1 is 1.10 bits per heavy atom. The Balaban J connectivity index is 2.43. The average Bonchev–Trinajstić information content (AvgIpc) is 2.03. The average molecular weight is 138 g/mol. The van der Waals surface area contributed by atoms with Gasteiger partial charge in [-0.3, -0.25) is 5.84 Å². The Morgan fingerprint density at radius 3 is 2.40 bits per heavy atom. The molecule has 5 N–H and O–H groups in total. The first-order valence-corrected chi connectivity index (χ1v) is 2.95. The van der Waals surface area contributed by atoms with Gasteiger partial charge in [0.25, 0.3) is 0 Å². The van der Waals surface area contributed by atoms with Crippen LogP contribution in [-0.4, -0.2) is 0 Å². The lowest BCUT2D eigenvalue weighted by atomic mass is 10.3. The predicted octanol–water partition coefficient (Wildman–Crippen LogP) is -0.0186. The topological polar surface area (TPSA) is 62.1 Å².